The Hall–Kier alpha value is -3.18. The molecule has 158 valence electrons. The molecule has 0 fully saturated rings. The van der Waals surface area contributed by atoms with Crippen LogP contribution in [0.15, 0.2) is 84.9 Å². The fourth-order valence-corrected chi connectivity index (χ4v) is 3.61. The summed E-state index contributed by atoms with van der Waals surface area (Å²) in [4.78, 5) is 0. The molecule has 31 heavy (non-hydrogen) atoms. The van der Waals surface area contributed by atoms with E-state index in [9.17, 15) is 13.2 Å². The topological polar surface area (TPSA) is 24.1 Å². The summed E-state index contributed by atoms with van der Waals surface area (Å²) >= 11 is 5.99. The molecule has 0 saturated carbocycles. The summed E-state index contributed by atoms with van der Waals surface area (Å²) in [5, 5.41) is 8.99. The molecule has 2 N–H and O–H groups in total. The van der Waals surface area contributed by atoms with Crippen molar-refractivity contribution in [2.45, 2.75) is 19.3 Å². The summed E-state index contributed by atoms with van der Waals surface area (Å²) in [6.07, 6.45) is -4.44. The minimum absolute atomic E-state index is 0.367. The van der Waals surface area contributed by atoms with E-state index in [1.807, 2.05) is 54.6 Å². The maximum Gasteiger partial charge on any atom is 0.416 e. The van der Waals surface area contributed by atoms with Crippen molar-refractivity contribution in [2.24, 2.45) is 0 Å². The van der Waals surface area contributed by atoms with Gasteiger partial charge >= 0.3 is 6.18 Å². The zero-order valence-corrected chi connectivity index (χ0v) is 17.3. The first-order valence-corrected chi connectivity index (χ1v) is 10.2. The number of hydrogen-bond acceptors (Lipinski definition) is 2. The van der Waals surface area contributed by atoms with Gasteiger partial charge in [0.15, 0.2) is 0 Å². The zero-order valence-electron chi connectivity index (χ0n) is 16.5. The quantitative estimate of drug-likeness (QED) is 0.320. The predicted molar refractivity (Wildman–Crippen MR) is 121 cm³/mol. The number of hydrogen-bond donors (Lipinski definition) is 2. The molecule has 0 aliphatic heterocycles. The lowest BCUT2D eigenvalue weighted by atomic mass is 10.1. The molecule has 0 saturated heterocycles. The van der Waals surface area contributed by atoms with Gasteiger partial charge in [-0.05, 0) is 58.3 Å². The van der Waals surface area contributed by atoms with E-state index in [1.54, 1.807) is 18.2 Å². The van der Waals surface area contributed by atoms with Crippen LogP contribution < -0.4 is 10.6 Å². The van der Waals surface area contributed by atoms with Crippen LogP contribution in [-0.4, -0.2) is 0 Å². The lowest BCUT2D eigenvalue weighted by Gasteiger charge is -2.15. The van der Waals surface area contributed by atoms with E-state index in [2.05, 4.69) is 10.6 Å². The van der Waals surface area contributed by atoms with Gasteiger partial charge in [0, 0.05) is 29.5 Å². The lowest BCUT2D eigenvalue weighted by Crippen LogP contribution is -2.09. The van der Waals surface area contributed by atoms with Crippen LogP contribution in [0.4, 0.5) is 24.5 Å². The number of rotatable bonds is 6. The highest BCUT2D eigenvalue weighted by atomic mass is 35.5. The van der Waals surface area contributed by atoms with Crippen LogP contribution in [0.5, 0.6) is 0 Å². The molecule has 0 radical (unpaired) electrons. The molecule has 0 aliphatic rings. The van der Waals surface area contributed by atoms with Crippen molar-refractivity contribution in [1.29, 1.82) is 0 Å². The number of nitrogens with one attached hydrogen (secondary N) is 2. The Morgan fingerprint density at radius 1 is 0.645 bits per heavy atom. The SMILES string of the molecule is FC(F)(F)c1cc(NCc2cccc(Cl)c2)cc(NCc2ccc3ccccc3c2)c1. The van der Waals surface area contributed by atoms with Crippen LogP contribution in [0.1, 0.15) is 16.7 Å². The van der Waals surface area contributed by atoms with E-state index < -0.39 is 11.7 Å². The first kappa shape index (κ1) is 21.1. The van der Waals surface area contributed by atoms with Crippen LogP contribution in [-0.2, 0) is 19.3 Å². The molecule has 6 heteroatoms. The lowest BCUT2D eigenvalue weighted by molar-refractivity contribution is -0.137. The highest BCUT2D eigenvalue weighted by molar-refractivity contribution is 6.30. The summed E-state index contributed by atoms with van der Waals surface area (Å²) in [5.74, 6) is 0. The summed E-state index contributed by atoms with van der Waals surface area (Å²) in [6.45, 7) is 0.784. The second-order valence-corrected chi connectivity index (χ2v) is 7.75. The maximum atomic E-state index is 13.4. The summed E-state index contributed by atoms with van der Waals surface area (Å²) in [6, 6.07) is 25.1. The third-order valence-electron chi connectivity index (χ3n) is 4.96. The first-order valence-electron chi connectivity index (χ1n) is 9.79. The Bertz CT molecular complexity index is 1200. The van der Waals surface area contributed by atoms with E-state index in [4.69, 9.17) is 11.6 Å². The molecule has 0 amide bonds. The van der Waals surface area contributed by atoms with E-state index in [0.717, 1.165) is 34.0 Å². The Balaban J connectivity index is 1.53. The third kappa shape index (κ3) is 5.50. The fraction of sp³-hybridized carbons (Fsp3) is 0.120. The number of benzene rings is 4. The van der Waals surface area contributed by atoms with Gasteiger partial charge in [0.05, 0.1) is 5.56 Å². The normalized spacial score (nSPS) is 11.5. The van der Waals surface area contributed by atoms with Crippen LogP contribution in [0.3, 0.4) is 0 Å². The third-order valence-corrected chi connectivity index (χ3v) is 5.19. The molecule has 4 aromatic rings. The fourth-order valence-electron chi connectivity index (χ4n) is 3.40. The van der Waals surface area contributed by atoms with Crippen molar-refractivity contribution in [2.75, 3.05) is 10.6 Å². The standard InChI is InChI=1S/C25H20ClF3N2/c26-22-7-3-4-17(11-22)15-30-23-12-21(25(27,28)29)13-24(14-23)31-16-18-8-9-19-5-1-2-6-20(19)10-18/h1-14,30-31H,15-16H2. The molecule has 0 atom stereocenters. The predicted octanol–water partition coefficient (Wildman–Crippen LogP) is 7.74. The van der Waals surface area contributed by atoms with Crippen molar-refractivity contribution < 1.29 is 13.2 Å². The number of alkyl halides is 3. The average Bonchev–Trinajstić information content (AvgIpc) is 2.75. The van der Waals surface area contributed by atoms with Crippen molar-refractivity contribution >= 4 is 33.7 Å². The van der Waals surface area contributed by atoms with E-state index in [0.29, 0.717) is 29.5 Å². The van der Waals surface area contributed by atoms with Gasteiger partial charge < -0.3 is 10.6 Å². The Morgan fingerprint density at radius 3 is 1.94 bits per heavy atom. The average molecular weight is 441 g/mol. The first-order chi connectivity index (χ1) is 14.9. The molecule has 2 nitrogen and oxygen atoms in total. The second kappa shape index (κ2) is 8.90. The van der Waals surface area contributed by atoms with Crippen molar-refractivity contribution in [1.82, 2.24) is 0 Å². The van der Waals surface area contributed by atoms with Gasteiger partial charge in [-0.15, -0.1) is 0 Å². The van der Waals surface area contributed by atoms with Crippen LogP contribution >= 0.6 is 11.6 Å². The van der Waals surface area contributed by atoms with Gasteiger partial charge in [-0.1, -0.05) is 60.1 Å². The molecule has 0 aromatic heterocycles. The van der Waals surface area contributed by atoms with E-state index >= 15 is 0 Å². The Labute approximate surface area is 183 Å². The minimum atomic E-state index is -4.44. The summed E-state index contributed by atoms with van der Waals surface area (Å²) in [5.41, 5.74) is 1.96. The summed E-state index contributed by atoms with van der Waals surface area (Å²) in [7, 11) is 0. The monoisotopic (exact) mass is 440 g/mol. The van der Waals surface area contributed by atoms with Crippen LogP contribution in [0, 0.1) is 0 Å². The highest BCUT2D eigenvalue weighted by Gasteiger charge is 2.31. The molecule has 0 aliphatic carbocycles. The van der Waals surface area contributed by atoms with Gasteiger partial charge in [0.1, 0.15) is 0 Å². The van der Waals surface area contributed by atoms with Crippen molar-refractivity contribution in [3.63, 3.8) is 0 Å². The number of anilines is 2. The van der Waals surface area contributed by atoms with Crippen molar-refractivity contribution in [3.8, 4) is 0 Å². The van der Waals surface area contributed by atoms with Crippen LogP contribution in [0.2, 0.25) is 5.02 Å². The molecule has 0 unspecified atom stereocenters. The van der Waals surface area contributed by atoms with Gasteiger partial charge in [-0.25, -0.2) is 0 Å². The van der Waals surface area contributed by atoms with Crippen LogP contribution in [0.25, 0.3) is 10.8 Å². The number of halogens is 4. The molecular weight excluding hydrogens is 421 g/mol. The minimum Gasteiger partial charge on any atom is -0.381 e. The van der Waals surface area contributed by atoms with Gasteiger partial charge in [-0.2, -0.15) is 13.2 Å². The highest BCUT2D eigenvalue weighted by Crippen LogP contribution is 2.34. The zero-order chi connectivity index (χ0) is 21.8. The molecule has 0 bridgehead atoms. The van der Waals surface area contributed by atoms with Crippen molar-refractivity contribution in [3.05, 3.63) is 107 Å². The molecule has 0 heterocycles. The van der Waals surface area contributed by atoms with Gasteiger partial charge in [0.2, 0.25) is 0 Å². The van der Waals surface area contributed by atoms with E-state index in [1.165, 1.54) is 0 Å². The largest absolute Gasteiger partial charge is 0.416 e. The van der Waals surface area contributed by atoms with Gasteiger partial charge in [0.25, 0.3) is 0 Å². The summed E-state index contributed by atoms with van der Waals surface area (Å²) < 4.78 is 40.3. The molecule has 0 spiro atoms. The Kier molecular flexibility index (Phi) is 6.05. The van der Waals surface area contributed by atoms with E-state index in [-0.39, 0.29) is 0 Å². The van der Waals surface area contributed by atoms with Gasteiger partial charge in [-0.3, -0.25) is 0 Å². The maximum absolute atomic E-state index is 13.4. The molecule has 4 rings (SSSR count). The molecular formula is C25H20ClF3N2. The number of fused-ring (bicyclic) bond motifs is 1. The smallest absolute Gasteiger partial charge is 0.381 e. The molecule has 4 aromatic carbocycles. The Morgan fingerprint density at radius 2 is 1.29 bits per heavy atom. The second-order valence-electron chi connectivity index (χ2n) is 7.32.